The van der Waals surface area contributed by atoms with Crippen molar-refractivity contribution in [2.24, 2.45) is 5.73 Å². The van der Waals surface area contributed by atoms with Crippen LogP contribution in [-0.4, -0.2) is 31.1 Å². The van der Waals surface area contributed by atoms with Crippen LogP contribution in [0.25, 0.3) is 0 Å². The summed E-state index contributed by atoms with van der Waals surface area (Å²) in [4.78, 5) is 22.8. The predicted octanol–water partition coefficient (Wildman–Crippen LogP) is 1.05. The van der Waals surface area contributed by atoms with Crippen LogP contribution >= 0.6 is 12.4 Å². The van der Waals surface area contributed by atoms with Crippen LogP contribution in [0.2, 0.25) is 0 Å². The van der Waals surface area contributed by atoms with Gasteiger partial charge >= 0.3 is 5.97 Å². The molecule has 1 atom stereocenters. The second kappa shape index (κ2) is 10.2. The molecule has 0 fully saturated rings. The summed E-state index contributed by atoms with van der Waals surface area (Å²) in [6, 6.07) is 8.96. The van der Waals surface area contributed by atoms with Crippen LogP contribution in [0.1, 0.15) is 18.9 Å². The number of carbonyl (C=O) groups excluding carboxylic acids is 2. The van der Waals surface area contributed by atoms with Gasteiger partial charge in [0, 0.05) is 6.54 Å². The third-order valence-corrected chi connectivity index (χ3v) is 2.57. The number of carbonyl (C=O) groups is 2. The molecule has 0 aliphatic carbocycles. The van der Waals surface area contributed by atoms with E-state index in [-0.39, 0.29) is 37.2 Å². The molecule has 112 valence electrons. The zero-order chi connectivity index (χ0) is 14.1. The largest absolute Gasteiger partial charge is 0.466 e. The molecule has 1 rings (SSSR count). The maximum Gasteiger partial charge on any atom is 0.307 e. The van der Waals surface area contributed by atoms with Crippen molar-refractivity contribution in [2.75, 3.05) is 13.2 Å². The molecule has 0 spiro atoms. The fourth-order valence-corrected chi connectivity index (χ4v) is 1.61. The molecular formula is C14H21ClN2O3. The predicted molar refractivity (Wildman–Crippen MR) is 79.6 cm³/mol. The minimum atomic E-state index is -0.607. The maximum absolute atomic E-state index is 11.7. The van der Waals surface area contributed by atoms with Gasteiger partial charge in [0.25, 0.3) is 0 Å². The zero-order valence-corrected chi connectivity index (χ0v) is 12.3. The van der Waals surface area contributed by atoms with Crippen LogP contribution in [0.15, 0.2) is 30.3 Å². The summed E-state index contributed by atoms with van der Waals surface area (Å²) in [7, 11) is 0. The Balaban J connectivity index is 0.00000361. The zero-order valence-electron chi connectivity index (χ0n) is 11.5. The Morgan fingerprint density at radius 3 is 2.55 bits per heavy atom. The highest BCUT2D eigenvalue weighted by Gasteiger charge is 2.13. The molecule has 0 aliphatic heterocycles. The van der Waals surface area contributed by atoms with E-state index in [1.54, 1.807) is 6.92 Å². The van der Waals surface area contributed by atoms with Gasteiger partial charge in [0.2, 0.25) is 5.91 Å². The number of rotatable bonds is 7. The summed E-state index contributed by atoms with van der Waals surface area (Å²) < 4.78 is 4.76. The molecule has 0 bridgehead atoms. The van der Waals surface area contributed by atoms with Crippen LogP contribution in [0.3, 0.4) is 0 Å². The Morgan fingerprint density at radius 1 is 1.30 bits per heavy atom. The first-order valence-corrected chi connectivity index (χ1v) is 6.36. The lowest BCUT2D eigenvalue weighted by Crippen LogP contribution is -2.42. The molecule has 1 amide bonds. The Labute approximate surface area is 125 Å². The molecule has 0 aliphatic rings. The first-order valence-electron chi connectivity index (χ1n) is 6.36. The molecule has 20 heavy (non-hydrogen) atoms. The van der Waals surface area contributed by atoms with Gasteiger partial charge in [0.05, 0.1) is 19.1 Å². The second-order valence-corrected chi connectivity index (χ2v) is 4.14. The molecule has 0 saturated heterocycles. The normalized spacial score (nSPS) is 11.1. The Hall–Kier alpha value is -1.59. The number of amides is 1. The van der Waals surface area contributed by atoms with Crippen molar-refractivity contribution in [3.05, 3.63) is 35.9 Å². The third kappa shape index (κ3) is 7.11. The topological polar surface area (TPSA) is 81.4 Å². The van der Waals surface area contributed by atoms with Crippen molar-refractivity contribution in [3.63, 3.8) is 0 Å². The SMILES string of the molecule is CCOC(=O)CCNC(=O)C(N)Cc1ccccc1.Cl. The number of benzene rings is 1. The van der Waals surface area contributed by atoms with E-state index < -0.39 is 6.04 Å². The first kappa shape index (κ1) is 18.4. The standard InChI is InChI=1S/C14H20N2O3.ClH/c1-2-19-13(17)8-9-16-14(18)12(15)10-11-6-4-3-5-7-11;/h3-7,12H,2,8-10,15H2,1H3,(H,16,18);1H. The van der Waals surface area contributed by atoms with Crippen molar-refractivity contribution in [1.29, 1.82) is 0 Å². The average Bonchev–Trinajstić information content (AvgIpc) is 2.40. The lowest BCUT2D eigenvalue weighted by atomic mass is 10.1. The fraction of sp³-hybridized carbons (Fsp3) is 0.429. The molecule has 6 heteroatoms. The van der Waals surface area contributed by atoms with Crippen LogP contribution in [-0.2, 0) is 20.7 Å². The minimum Gasteiger partial charge on any atom is -0.466 e. The molecule has 0 heterocycles. The summed E-state index contributed by atoms with van der Waals surface area (Å²) in [5.41, 5.74) is 6.81. The summed E-state index contributed by atoms with van der Waals surface area (Å²) in [5.74, 6) is -0.576. The van der Waals surface area contributed by atoms with Gasteiger partial charge in [-0.05, 0) is 18.9 Å². The van der Waals surface area contributed by atoms with Crippen LogP contribution in [0.4, 0.5) is 0 Å². The lowest BCUT2D eigenvalue weighted by Gasteiger charge is -2.12. The van der Waals surface area contributed by atoms with Crippen LogP contribution in [0, 0.1) is 0 Å². The molecular weight excluding hydrogens is 280 g/mol. The summed E-state index contributed by atoms with van der Waals surface area (Å²) in [5, 5.41) is 2.63. The third-order valence-electron chi connectivity index (χ3n) is 2.57. The Morgan fingerprint density at radius 2 is 1.95 bits per heavy atom. The Kier molecular flexibility index (Phi) is 9.41. The molecule has 0 saturated carbocycles. The molecule has 5 nitrogen and oxygen atoms in total. The van der Waals surface area contributed by atoms with Crippen molar-refractivity contribution < 1.29 is 14.3 Å². The van der Waals surface area contributed by atoms with Gasteiger partial charge in [-0.1, -0.05) is 30.3 Å². The quantitative estimate of drug-likeness (QED) is 0.738. The monoisotopic (exact) mass is 300 g/mol. The summed E-state index contributed by atoms with van der Waals surface area (Å²) in [6.07, 6.45) is 0.643. The van der Waals surface area contributed by atoms with Gasteiger partial charge in [0.15, 0.2) is 0 Å². The highest BCUT2D eigenvalue weighted by Crippen LogP contribution is 2.01. The van der Waals surface area contributed by atoms with E-state index in [9.17, 15) is 9.59 Å². The van der Waals surface area contributed by atoms with Gasteiger partial charge in [-0.25, -0.2) is 0 Å². The fourth-order valence-electron chi connectivity index (χ4n) is 1.61. The summed E-state index contributed by atoms with van der Waals surface area (Å²) in [6.45, 7) is 2.34. The number of ether oxygens (including phenoxy) is 1. The molecule has 1 aromatic rings. The molecule has 1 unspecified atom stereocenters. The molecule has 3 N–H and O–H groups in total. The van der Waals surface area contributed by atoms with Gasteiger partial charge in [-0.2, -0.15) is 0 Å². The highest BCUT2D eigenvalue weighted by atomic mass is 35.5. The number of hydrogen-bond acceptors (Lipinski definition) is 4. The molecule has 0 radical (unpaired) electrons. The molecule has 0 aromatic heterocycles. The van der Waals surface area contributed by atoms with E-state index in [0.717, 1.165) is 5.56 Å². The second-order valence-electron chi connectivity index (χ2n) is 4.14. The van der Waals surface area contributed by atoms with E-state index in [2.05, 4.69) is 5.32 Å². The van der Waals surface area contributed by atoms with E-state index in [4.69, 9.17) is 10.5 Å². The molecule has 1 aromatic carbocycles. The average molecular weight is 301 g/mol. The number of nitrogens with two attached hydrogens (primary N) is 1. The Bertz CT molecular complexity index is 412. The summed E-state index contributed by atoms with van der Waals surface area (Å²) >= 11 is 0. The first-order chi connectivity index (χ1) is 9.13. The van der Waals surface area contributed by atoms with Gasteiger partial charge < -0.3 is 15.8 Å². The number of esters is 1. The van der Waals surface area contributed by atoms with E-state index in [1.807, 2.05) is 30.3 Å². The highest BCUT2D eigenvalue weighted by molar-refractivity contribution is 5.85. The van der Waals surface area contributed by atoms with Crippen molar-refractivity contribution in [2.45, 2.75) is 25.8 Å². The maximum atomic E-state index is 11.7. The smallest absolute Gasteiger partial charge is 0.307 e. The lowest BCUT2D eigenvalue weighted by molar-refractivity contribution is -0.143. The van der Waals surface area contributed by atoms with Crippen molar-refractivity contribution in [3.8, 4) is 0 Å². The van der Waals surface area contributed by atoms with Crippen LogP contribution in [0.5, 0.6) is 0 Å². The van der Waals surface area contributed by atoms with Gasteiger partial charge in [-0.3, -0.25) is 9.59 Å². The van der Waals surface area contributed by atoms with Gasteiger partial charge in [0.1, 0.15) is 0 Å². The van der Waals surface area contributed by atoms with E-state index >= 15 is 0 Å². The van der Waals surface area contributed by atoms with Crippen molar-refractivity contribution in [1.82, 2.24) is 5.32 Å². The number of nitrogens with one attached hydrogen (secondary N) is 1. The van der Waals surface area contributed by atoms with E-state index in [0.29, 0.717) is 13.0 Å². The van der Waals surface area contributed by atoms with Crippen molar-refractivity contribution >= 4 is 24.3 Å². The van der Waals surface area contributed by atoms with E-state index in [1.165, 1.54) is 0 Å². The van der Waals surface area contributed by atoms with Crippen LogP contribution < -0.4 is 11.1 Å². The number of halogens is 1. The number of hydrogen-bond donors (Lipinski definition) is 2. The minimum absolute atomic E-state index is 0. The van der Waals surface area contributed by atoms with Gasteiger partial charge in [-0.15, -0.1) is 12.4 Å².